The van der Waals surface area contributed by atoms with E-state index < -0.39 is 0 Å². The summed E-state index contributed by atoms with van der Waals surface area (Å²) in [5, 5.41) is 1.05. The third-order valence-electron chi connectivity index (χ3n) is 3.67. The quantitative estimate of drug-likeness (QED) is 0.737. The van der Waals surface area contributed by atoms with Crippen LogP contribution in [-0.4, -0.2) is 22.8 Å². The molecule has 2 aromatic heterocycles. The number of benzene rings is 1. The Balaban J connectivity index is 1.78. The van der Waals surface area contributed by atoms with Gasteiger partial charge in [-0.3, -0.25) is 9.78 Å². The minimum Gasteiger partial charge on any atom is -0.459 e. The first-order chi connectivity index (χ1) is 10.7. The smallest absolute Gasteiger partial charge is 0.272 e. The largest absolute Gasteiger partial charge is 0.459 e. The van der Waals surface area contributed by atoms with Gasteiger partial charge < -0.3 is 9.32 Å². The molecule has 2 heterocycles. The van der Waals surface area contributed by atoms with Crippen LogP contribution in [0.1, 0.15) is 28.7 Å². The van der Waals surface area contributed by atoms with E-state index in [1.54, 1.807) is 18.1 Å². The fraction of sp³-hybridized carbons (Fsp3) is 0.222. The van der Waals surface area contributed by atoms with Gasteiger partial charge in [0.25, 0.3) is 5.91 Å². The summed E-state index contributed by atoms with van der Waals surface area (Å²) in [6.07, 6.45) is 2.57. The molecule has 0 spiro atoms. The standard InChI is InChI=1S/C18H18N2O2/c1-3-13-8-9-19-16(10-13)18(21)20(2)12-15-11-14-6-4-5-7-17(14)22-15/h4-11H,3,12H2,1-2H3. The summed E-state index contributed by atoms with van der Waals surface area (Å²) in [5.41, 5.74) is 2.41. The van der Waals surface area contributed by atoms with Crippen molar-refractivity contribution in [3.63, 3.8) is 0 Å². The number of pyridine rings is 1. The van der Waals surface area contributed by atoms with Gasteiger partial charge in [0.2, 0.25) is 0 Å². The fourth-order valence-corrected chi connectivity index (χ4v) is 2.43. The summed E-state index contributed by atoms with van der Waals surface area (Å²) >= 11 is 0. The van der Waals surface area contributed by atoms with E-state index in [4.69, 9.17) is 4.42 Å². The molecule has 4 heteroatoms. The number of rotatable bonds is 4. The normalized spacial score (nSPS) is 10.8. The molecule has 1 amide bonds. The molecule has 0 aliphatic carbocycles. The molecule has 4 nitrogen and oxygen atoms in total. The number of amides is 1. The predicted octanol–water partition coefficient (Wildman–Crippen LogP) is 3.66. The van der Waals surface area contributed by atoms with Gasteiger partial charge in [0.05, 0.1) is 6.54 Å². The van der Waals surface area contributed by atoms with E-state index >= 15 is 0 Å². The maximum absolute atomic E-state index is 12.5. The third-order valence-corrected chi connectivity index (χ3v) is 3.67. The van der Waals surface area contributed by atoms with Crippen molar-refractivity contribution >= 4 is 16.9 Å². The van der Waals surface area contributed by atoms with Gasteiger partial charge in [-0.1, -0.05) is 25.1 Å². The Bertz CT molecular complexity index is 774. The second-order valence-corrected chi connectivity index (χ2v) is 5.31. The number of fused-ring (bicyclic) bond motifs is 1. The summed E-state index contributed by atoms with van der Waals surface area (Å²) in [5.74, 6) is 0.666. The molecule has 0 N–H and O–H groups in total. The highest BCUT2D eigenvalue weighted by Crippen LogP contribution is 2.20. The monoisotopic (exact) mass is 294 g/mol. The second-order valence-electron chi connectivity index (χ2n) is 5.31. The molecule has 0 saturated carbocycles. The van der Waals surface area contributed by atoms with E-state index in [1.807, 2.05) is 42.5 Å². The maximum Gasteiger partial charge on any atom is 0.272 e. The van der Waals surface area contributed by atoms with E-state index in [-0.39, 0.29) is 5.91 Å². The van der Waals surface area contributed by atoms with E-state index in [1.165, 1.54) is 0 Å². The van der Waals surface area contributed by atoms with Gasteiger partial charge in [0, 0.05) is 18.6 Å². The molecule has 0 aliphatic rings. The van der Waals surface area contributed by atoms with Crippen LogP contribution >= 0.6 is 0 Å². The number of hydrogen-bond acceptors (Lipinski definition) is 3. The van der Waals surface area contributed by atoms with Crippen molar-refractivity contribution in [1.29, 1.82) is 0 Å². The van der Waals surface area contributed by atoms with Gasteiger partial charge in [-0.2, -0.15) is 0 Å². The molecule has 0 fully saturated rings. The maximum atomic E-state index is 12.5. The highest BCUT2D eigenvalue weighted by Gasteiger charge is 2.15. The zero-order valence-corrected chi connectivity index (χ0v) is 12.7. The number of para-hydroxylation sites is 1. The number of aromatic nitrogens is 1. The Kier molecular flexibility index (Phi) is 3.92. The summed E-state index contributed by atoms with van der Waals surface area (Å²) in [6, 6.07) is 13.6. The number of nitrogens with zero attached hydrogens (tertiary/aromatic N) is 2. The van der Waals surface area contributed by atoms with Crippen LogP contribution in [0.5, 0.6) is 0 Å². The van der Waals surface area contributed by atoms with Crippen molar-refractivity contribution in [2.75, 3.05) is 7.05 Å². The van der Waals surface area contributed by atoms with Gasteiger partial charge in [-0.15, -0.1) is 0 Å². The van der Waals surface area contributed by atoms with Crippen molar-refractivity contribution in [2.45, 2.75) is 19.9 Å². The first-order valence-electron chi connectivity index (χ1n) is 7.35. The zero-order valence-electron chi connectivity index (χ0n) is 12.7. The summed E-state index contributed by atoms with van der Waals surface area (Å²) in [7, 11) is 1.76. The topological polar surface area (TPSA) is 46.3 Å². The van der Waals surface area contributed by atoms with Crippen LogP contribution in [0.15, 0.2) is 53.1 Å². The number of aryl methyl sites for hydroxylation is 1. The van der Waals surface area contributed by atoms with Crippen LogP contribution in [-0.2, 0) is 13.0 Å². The minimum atomic E-state index is -0.101. The molecule has 0 atom stereocenters. The van der Waals surface area contributed by atoms with Gasteiger partial charge in [-0.25, -0.2) is 0 Å². The molecule has 0 radical (unpaired) electrons. The fourth-order valence-electron chi connectivity index (χ4n) is 2.43. The number of carbonyl (C=O) groups is 1. The predicted molar refractivity (Wildman–Crippen MR) is 85.6 cm³/mol. The van der Waals surface area contributed by atoms with Crippen molar-refractivity contribution in [1.82, 2.24) is 9.88 Å². The molecule has 3 rings (SSSR count). The number of furan rings is 1. The van der Waals surface area contributed by atoms with E-state index in [9.17, 15) is 4.79 Å². The van der Waals surface area contributed by atoms with Crippen LogP contribution in [0.3, 0.4) is 0 Å². The van der Waals surface area contributed by atoms with Gasteiger partial charge in [0.1, 0.15) is 17.0 Å². The van der Waals surface area contributed by atoms with Crippen molar-refractivity contribution in [3.8, 4) is 0 Å². The lowest BCUT2D eigenvalue weighted by Gasteiger charge is -2.15. The van der Waals surface area contributed by atoms with Crippen molar-refractivity contribution in [3.05, 3.63) is 65.7 Å². The Morgan fingerprint density at radius 2 is 2.05 bits per heavy atom. The highest BCUT2D eigenvalue weighted by molar-refractivity contribution is 5.92. The molecule has 0 unspecified atom stereocenters. The molecule has 22 heavy (non-hydrogen) atoms. The van der Waals surface area contributed by atoms with Crippen molar-refractivity contribution in [2.24, 2.45) is 0 Å². The Morgan fingerprint density at radius 3 is 2.82 bits per heavy atom. The Labute approximate surface area is 129 Å². The Hall–Kier alpha value is -2.62. The molecule has 112 valence electrons. The third kappa shape index (κ3) is 2.86. The van der Waals surface area contributed by atoms with Crippen LogP contribution < -0.4 is 0 Å². The number of carbonyl (C=O) groups excluding carboxylic acids is 1. The van der Waals surface area contributed by atoms with E-state index in [0.717, 1.165) is 28.7 Å². The van der Waals surface area contributed by atoms with Gasteiger partial charge in [-0.05, 0) is 36.2 Å². The van der Waals surface area contributed by atoms with Gasteiger partial charge >= 0.3 is 0 Å². The minimum absolute atomic E-state index is 0.101. The lowest BCUT2D eigenvalue weighted by Crippen LogP contribution is -2.26. The zero-order chi connectivity index (χ0) is 15.5. The van der Waals surface area contributed by atoms with Crippen LogP contribution in [0.4, 0.5) is 0 Å². The van der Waals surface area contributed by atoms with Crippen LogP contribution in [0.25, 0.3) is 11.0 Å². The van der Waals surface area contributed by atoms with Gasteiger partial charge in [0.15, 0.2) is 0 Å². The van der Waals surface area contributed by atoms with Crippen LogP contribution in [0, 0.1) is 0 Å². The first-order valence-corrected chi connectivity index (χ1v) is 7.35. The highest BCUT2D eigenvalue weighted by atomic mass is 16.3. The first kappa shape index (κ1) is 14.3. The SMILES string of the molecule is CCc1ccnc(C(=O)N(C)Cc2cc3ccccc3o2)c1. The van der Waals surface area contributed by atoms with Crippen LogP contribution in [0.2, 0.25) is 0 Å². The summed E-state index contributed by atoms with van der Waals surface area (Å²) in [4.78, 5) is 18.2. The summed E-state index contributed by atoms with van der Waals surface area (Å²) in [6.45, 7) is 2.48. The molecule has 3 aromatic rings. The second kappa shape index (κ2) is 6.02. The molecular formula is C18H18N2O2. The number of hydrogen-bond donors (Lipinski definition) is 0. The molecule has 0 aliphatic heterocycles. The lowest BCUT2D eigenvalue weighted by atomic mass is 10.2. The van der Waals surface area contributed by atoms with E-state index in [0.29, 0.717) is 12.2 Å². The Morgan fingerprint density at radius 1 is 1.23 bits per heavy atom. The molecule has 0 saturated heterocycles. The van der Waals surface area contributed by atoms with E-state index in [2.05, 4.69) is 11.9 Å². The average Bonchev–Trinajstić information content (AvgIpc) is 2.96. The average molecular weight is 294 g/mol. The molecule has 0 bridgehead atoms. The summed E-state index contributed by atoms with van der Waals surface area (Å²) < 4.78 is 5.76. The lowest BCUT2D eigenvalue weighted by molar-refractivity contribution is 0.0770. The molecule has 1 aromatic carbocycles. The molecular weight excluding hydrogens is 276 g/mol. The van der Waals surface area contributed by atoms with Crippen molar-refractivity contribution < 1.29 is 9.21 Å².